The second-order valence-corrected chi connectivity index (χ2v) is 10.7. The Morgan fingerprint density at radius 1 is 0.667 bits per heavy atom. The predicted molar refractivity (Wildman–Crippen MR) is 175 cm³/mol. The van der Waals surface area contributed by atoms with Crippen molar-refractivity contribution in [2.24, 2.45) is 0 Å². The van der Waals surface area contributed by atoms with Gasteiger partial charge in [-0.05, 0) is 40.8 Å². The van der Waals surface area contributed by atoms with Gasteiger partial charge in [-0.25, -0.2) is 0 Å². The number of hydrogen-bond acceptors (Lipinski definition) is 3. The van der Waals surface area contributed by atoms with Crippen LogP contribution in [0.15, 0.2) is 146 Å². The normalized spacial score (nSPS) is 12.3. The van der Waals surface area contributed by atoms with E-state index in [1.165, 1.54) is 27.6 Å². The van der Waals surface area contributed by atoms with Crippen LogP contribution in [-0.4, -0.2) is 24.7 Å². The summed E-state index contributed by atoms with van der Waals surface area (Å²) < 4.78 is 5.63. The number of aromatic amines is 1. The van der Waals surface area contributed by atoms with Crippen LogP contribution in [0.5, 0.6) is 5.75 Å². The fraction of sp³-hybridized carbons (Fsp3) is 0.158. The van der Waals surface area contributed by atoms with Crippen LogP contribution >= 0.6 is 0 Å². The standard InChI is InChI=1S/C38H37N3O.H2/c1-42-37-24-14-11-15-29(37)26-39-28-34(25-30-27-40-36-23-13-12-22-35(30)36)41-38(31-16-5-2-6-17-31,32-18-7-3-8-19-32)33-20-9-4-10-21-33;/h2-24,27,34,39-41H,25-26,28H2,1H3;1H. The van der Waals surface area contributed by atoms with Crippen LogP contribution in [0.2, 0.25) is 0 Å². The van der Waals surface area contributed by atoms with E-state index in [0.29, 0.717) is 6.54 Å². The maximum atomic E-state index is 5.63. The van der Waals surface area contributed by atoms with Gasteiger partial charge in [0, 0.05) is 43.2 Å². The zero-order chi connectivity index (χ0) is 28.6. The lowest BCUT2D eigenvalue weighted by atomic mass is 9.76. The van der Waals surface area contributed by atoms with Crippen molar-refractivity contribution in [3.8, 4) is 5.75 Å². The van der Waals surface area contributed by atoms with Crippen molar-refractivity contribution in [3.63, 3.8) is 0 Å². The Labute approximate surface area is 249 Å². The molecule has 0 radical (unpaired) electrons. The summed E-state index contributed by atoms with van der Waals surface area (Å²) in [7, 11) is 1.73. The second-order valence-electron chi connectivity index (χ2n) is 10.7. The first-order chi connectivity index (χ1) is 20.8. The minimum atomic E-state index is -0.563. The lowest BCUT2D eigenvalue weighted by Crippen LogP contribution is -2.53. The van der Waals surface area contributed by atoms with Gasteiger partial charge >= 0.3 is 0 Å². The van der Waals surface area contributed by atoms with Crippen LogP contribution in [0, 0.1) is 0 Å². The number of H-pyrrole nitrogens is 1. The molecule has 1 unspecified atom stereocenters. The summed E-state index contributed by atoms with van der Waals surface area (Å²) in [5, 5.41) is 9.25. The third kappa shape index (κ3) is 5.73. The van der Waals surface area contributed by atoms with Crippen LogP contribution in [0.3, 0.4) is 0 Å². The molecule has 0 saturated carbocycles. The minimum absolute atomic E-state index is 0. The molecule has 3 N–H and O–H groups in total. The highest BCUT2D eigenvalue weighted by Crippen LogP contribution is 2.37. The molecule has 212 valence electrons. The van der Waals surface area contributed by atoms with E-state index in [2.05, 4.69) is 149 Å². The van der Waals surface area contributed by atoms with Gasteiger partial charge in [-0.2, -0.15) is 0 Å². The zero-order valence-electron chi connectivity index (χ0n) is 24.0. The molecule has 6 aromatic rings. The van der Waals surface area contributed by atoms with Gasteiger partial charge in [0.05, 0.1) is 12.6 Å². The number of rotatable bonds is 12. The highest BCUT2D eigenvalue weighted by Gasteiger charge is 2.38. The van der Waals surface area contributed by atoms with Crippen molar-refractivity contribution in [3.05, 3.63) is 174 Å². The van der Waals surface area contributed by atoms with Crippen LogP contribution < -0.4 is 15.4 Å². The molecule has 0 aliphatic heterocycles. The number of nitrogens with one attached hydrogen (secondary N) is 3. The number of para-hydroxylation sites is 2. The van der Waals surface area contributed by atoms with Crippen molar-refractivity contribution in [2.45, 2.75) is 24.5 Å². The van der Waals surface area contributed by atoms with Crippen molar-refractivity contribution >= 4 is 10.9 Å². The molecule has 0 aliphatic rings. The number of fused-ring (bicyclic) bond motifs is 1. The lowest BCUT2D eigenvalue weighted by Gasteiger charge is -2.40. The Bertz CT molecular complexity index is 1610. The van der Waals surface area contributed by atoms with Gasteiger partial charge in [0.2, 0.25) is 0 Å². The zero-order valence-corrected chi connectivity index (χ0v) is 24.0. The first-order valence-electron chi connectivity index (χ1n) is 14.6. The summed E-state index contributed by atoms with van der Waals surface area (Å²) in [4.78, 5) is 3.48. The molecule has 0 aliphatic carbocycles. The molecule has 4 nitrogen and oxygen atoms in total. The van der Waals surface area contributed by atoms with E-state index < -0.39 is 5.54 Å². The van der Waals surface area contributed by atoms with Gasteiger partial charge in [-0.1, -0.05) is 127 Å². The summed E-state index contributed by atoms with van der Waals surface area (Å²) in [5.74, 6) is 0.901. The summed E-state index contributed by atoms with van der Waals surface area (Å²) in [6.45, 7) is 1.47. The Kier molecular flexibility index (Phi) is 8.46. The number of ether oxygens (including phenoxy) is 1. The molecule has 0 spiro atoms. The van der Waals surface area contributed by atoms with Gasteiger partial charge in [0.15, 0.2) is 0 Å². The van der Waals surface area contributed by atoms with Gasteiger partial charge in [-0.3, -0.25) is 5.32 Å². The number of methoxy groups -OCH3 is 1. The summed E-state index contributed by atoms with van der Waals surface area (Å²) in [6, 6.07) is 49.3. The first kappa shape index (κ1) is 27.5. The summed E-state index contributed by atoms with van der Waals surface area (Å²) in [6.07, 6.45) is 3.01. The number of benzene rings is 5. The molecule has 6 rings (SSSR count). The summed E-state index contributed by atoms with van der Waals surface area (Å²) >= 11 is 0. The molecule has 4 heteroatoms. The molecule has 1 aromatic heterocycles. The van der Waals surface area contributed by atoms with Crippen molar-refractivity contribution in [2.75, 3.05) is 13.7 Å². The SMILES string of the molecule is COc1ccccc1CNCC(Cc1c[nH]c2ccccc12)NC(c1ccccc1)(c1ccccc1)c1ccccc1.[HH]. The van der Waals surface area contributed by atoms with Crippen molar-refractivity contribution in [1.82, 2.24) is 15.6 Å². The molecule has 42 heavy (non-hydrogen) atoms. The molecule has 0 fully saturated rings. The maximum Gasteiger partial charge on any atom is 0.123 e. The quantitative estimate of drug-likeness (QED) is 0.136. The fourth-order valence-corrected chi connectivity index (χ4v) is 6.09. The molecule has 1 heterocycles. The van der Waals surface area contributed by atoms with E-state index in [1.54, 1.807) is 7.11 Å². The number of aromatic nitrogens is 1. The van der Waals surface area contributed by atoms with Crippen LogP contribution in [0.25, 0.3) is 10.9 Å². The van der Waals surface area contributed by atoms with Crippen molar-refractivity contribution < 1.29 is 6.16 Å². The van der Waals surface area contributed by atoms with Gasteiger partial charge in [0.1, 0.15) is 5.75 Å². The highest BCUT2D eigenvalue weighted by molar-refractivity contribution is 5.83. The molecule has 1 atom stereocenters. The van der Waals surface area contributed by atoms with E-state index in [1.807, 2.05) is 12.1 Å². The Balaban J connectivity index is 0.00000368. The molecule has 0 amide bonds. The van der Waals surface area contributed by atoms with Gasteiger partial charge in [0.25, 0.3) is 0 Å². The monoisotopic (exact) mass is 553 g/mol. The Hall–Kier alpha value is -4.64. The molecule has 0 bridgehead atoms. The lowest BCUT2D eigenvalue weighted by molar-refractivity contribution is 0.369. The van der Waals surface area contributed by atoms with Gasteiger partial charge in [-0.15, -0.1) is 0 Å². The molecular formula is C38H39N3O. The summed E-state index contributed by atoms with van der Waals surface area (Å²) in [5.41, 5.74) is 6.65. The maximum absolute atomic E-state index is 5.63. The van der Waals surface area contributed by atoms with E-state index >= 15 is 0 Å². The van der Waals surface area contributed by atoms with Crippen molar-refractivity contribution in [1.29, 1.82) is 0 Å². The second kappa shape index (κ2) is 12.9. The predicted octanol–water partition coefficient (Wildman–Crippen LogP) is 7.71. The topological polar surface area (TPSA) is 49.1 Å². The van der Waals surface area contributed by atoms with E-state index in [4.69, 9.17) is 4.74 Å². The number of hydrogen-bond donors (Lipinski definition) is 3. The Morgan fingerprint density at radius 3 is 1.83 bits per heavy atom. The minimum Gasteiger partial charge on any atom is -0.496 e. The van der Waals surface area contributed by atoms with E-state index in [-0.39, 0.29) is 7.47 Å². The van der Waals surface area contributed by atoms with Gasteiger partial charge < -0.3 is 15.0 Å². The van der Waals surface area contributed by atoms with Crippen LogP contribution in [-0.2, 0) is 18.5 Å². The first-order valence-corrected chi connectivity index (χ1v) is 14.6. The average molecular weight is 554 g/mol. The molecule has 0 saturated heterocycles. The van der Waals surface area contributed by atoms with Crippen LogP contribution in [0.1, 0.15) is 29.2 Å². The fourth-order valence-electron chi connectivity index (χ4n) is 6.09. The smallest absolute Gasteiger partial charge is 0.123 e. The largest absolute Gasteiger partial charge is 0.496 e. The van der Waals surface area contributed by atoms with Crippen LogP contribution in [0.4, 0.5) is 0 Å². The third-order valence-corrected chi connectivity index (χ3v) is 8.08. The van der Waals surface area contributed by atoms with E-state index in [0.717, 1.165) is 29.8 Å². The molecule has 5 aromatic carbocycles. The average Bonchev–Trinajstić information content (AvgIpc) is 3.47. The highest BCUT2D eigenvalue weighted by atomic mass is 16.5. The molecular weight excluding hydrogens is 514 g/mol. The van der Waals surface area contributed by atoms with E-state index in [9.17, 15) is 0 Å². The third-order valence-electron chi connectivity index (χ3n) is 8.08. The Morgan fingerprint density at radius 2 is 1.21 bits per heavy atom.